The van der Waals surface area contributed by atoms with E-state index in [1.54, 1.807) is 0 Å². The van der Waals surface area contributed by atoms with Crippen LogP contribution in [0.3, 0.4) is 0 Å². The van der Waals surface area contributed by atoms with E-state index in [1.165, 1.54) is 82.7 Å². The van der Waals surface area contributed by atoms with Gasteiger partial charge in [0.05, 0.1) is 11.0 Å². The molecule has 2 aliphatic carbocycles. The van der Waals surface area contributed by atoms with E-state index in [1.807, 2.05) is 0 Å². The minimum atomic E-state index is -0.131. The van der Waals surface area contributed by atoms with E-state index >= 15 is 0 Å². The van der Waals surface area contributed by atoms with Crippen LogP contribution in [0.5, 0.6) is 0 Å². The third kappa shape index (κ3) is 7.45. The van der Waals surface area contributed by atoms with Crippen LogP contribution in [0.2, 0.25) is 0 Å². The molecule has 0 atom stereocenters. The molecule has 0 saturated carbocycles. The summed E-state index contributed by atoms with van der Waals surface area (Å²) in [6.45, 7) is 23.2. The van der Waals surface area contributed by atoms with Crippen LogP contribution < -0.4 is 9.80 Å². The number of hydrogen-bond acceptors (Lipinski definition) is 2. The number of benzene rings is 10. The minimum absolute atomic E-state index is 0.0363. The van der Waals surface area contributed by atoms with Gasteiger partial charge in [-0.2, -0.15) is 0 Å². The molecule has 11 aromatic rings. The van der Waals surface area contributed by atoms with Crippen LogP contribution in [0.25, 0.3) is 60.5 Å². The minimum Gasteiger partial charge on any atom is -0.310 e. The molecule has 368 valence electrons. The zero-order chi connectivity index (χ0) is 51.8. The highest BCUT2D eigenvalue weighted by Crippen LogP contribution is 2.53. The normalized spacial score (nSPS) is 14.2. The zero-order valence-electron chi connectivity index (χ0n) is 45.0. The third-order valence-electron chi connectivity index (χ3n) is 16.9. The lowest BCUT2D eigenvalue weighted by Gasteiger charge is -2.29. The molecule has 0 N–H and O–H groups in total. The second kappa shape index (κ2) is 16.7. The van der Waals surface area contributed by atoms with Crippen LogP contribution in [-0.4, -0.2) is 4.57 Å². The molecule has 13 rings (SSSR count). The Morgan fingerprint density at radius 3 is 1.25 bits per heavy atom. The smallest absolute Gasteiger partial charge is 0.0561 e. The van der Waals surface area contributed by atoms with Gasteiger partial charge in [0.25, 0.3) is 0 Å². The van der Waals surface area contributed by atoms with Crippen LogP contribution in [0, 0.1) is 0 Å². The lowest BCUT2D eigenvalue weighted by molar-refractivity contribution is 0.590. The van der Waals surface area contributed by atoms with Crippen LogP contribution in [0.4, 0.5) is 34.1 Å². The second-order valence-corrected chi connectivity index (χ2v) is 24.3. The van der Waals surface area contributed by atoms with Gasteiger partial charge < -0.3 is 14.4 Å². The molecule has 0 unspecified atom stereocenters. The zero-order valence-corrected chi connectivity index (χ0v) is 45.0. The van der Waals surface area contributed by atoms with Gasteiger partial charge in [-0.15, -0.1) is 0 Å². The quantitative estimate of drug-likeness (QED) is 0.158. The standard InChI is InChI=1S/C72H65N3/c1-69(2,3)48-25-30-51(31-26-48)73(54-34-37-59-57-20-14-16-22-63(57)71(7,8)65(59)43-54)53-29-24-46-41-62-61-39-36-56(45-68(61)75(50-18-12-11-13-19-50)67(62)42-47(46)40-53)74(52-32-27-49(28-33-52)70(4,5)6)55-35-38-60-58-21-15-17-23-64(58)72(9,10)66(60)44-55/h11-45H,1-10H3. The summed E-state index contributed by atoms with van der Waals surface area (Å²) in [5.74, 6) is 0. The van der Waals surface area contributed by atoms with Gasteiger partial charge >= 0.3 is 0 Å². The van der Waals surface area contributed by atoms with E-state index in [9.17, 15) is 0 Å². The first kappa shape index (κ1) is 46.6. The highest BCUT2D eigenvalue weighted by atomic mass is 15.1. The summed E-state index contributed by atoms with van der Waals surface area (Å²) in [5.41, 5.74) is 23.5. The van der Waals surface area contributed by atoms with E-state index in [0.29, 0.717) is 0 Å². The molecule has 0 amide bonds. The molecule has 0 radical (unpaired) electrons. The predicted molar refractivity (Wildman–Crippen MR) is 320 cm³/mol. The third-order valence-corrected chi connectivity index (χ3v) is 16.9. The van der Waals surface area contributed by atoms with E-state index in [0.717, 1.165) is 45.3 Å². The Morgan fingerprint density at radius 2 is 0.733 bits per heavy atom. The predicted octanol–water partition coefficient (Wildman–Crippen LogP) is 20.1. The van der Waals surface area contributed by atoms with Gasteiger partial charge in [-0.1, -0.05) is 184 Å². The summed E-state index contributed by atoms with van der Waals surface area (Å²) >= 11 is 0. The first-order valence-corrected chi connectivity index (χ1v) is 26.8. The molecule has 0 bridgehead atoms. The lowest BCUT2D eigenvalue weighted by atomic mass is 9.82. The number of rotatable bonds is 7. The lowest BCUT2D eigenvalue weighted by Crippen LogP contribution is -2.17. The molecule has 0 fully saturated rings. The van der Waals surface area contributed by atoms with E-state index in [2.05, 4.69) is 296 Å². The molecule has 3 nitrogen and oxygen atoms in total. The van der Waals surface area contributed by atoms with Crippen LogP contribution in [-0.2, 0) is 21.7 Å². The molecular weight excluding hydrogens is 907 g/mol. The van der Waals surface area contributed by atoms with Crippen molar-refractivity contribution in [3.8, 4) is 27.9 Å². The first-order chi connectivity index (χ1) is 35.9. The Hall–Kier alpha value is -8.14. The Balaban J connectivity index is 0.989. The first-order valence-electron chi connectivity index (χ1n) is 26.8. The summed E-state index contributed by atoms with van der Waals surface area (Å²) < 4.78 is 2.48. The average molecular weight is 972 g/mol. The van der Waals surface area contributed by atoms with Gasteiger partial charge in [0.2, 0.25) is 0 Å². The fourth-order valence-electron chi connectivity index (χ4n) is 12.6. The van der Waals surface area contributed by atoms with Crippen molar-refractivity contribution in [2.45, 2.75) is 90.9 Å². The maximum absolute atomic E-state index is 2.48. The molecule has 75 heavy (non-hydrogen) atoms. The fraction of sp³-hybridized carbons (Fsp3) is 0.194. The number of fused-ring (bicyclic) bond motifs is 10. The molecule has 3 heteroatoms. The van der Waals surface area contributed by atoms with Crippen LogP contribution >= 0.6 is 0 Å². The highest BCUT2D eigenvalue weighted by Gasteiger charge is 2.37. The van der Waals surface area contributed by atoms with E-state index in [4.69, 9.17) is 0 Å². The van der Waals surface area contributed by atoms with Crippen molar-refractivity contribution in [1.29, 1.82) is 0 Å². The van der Waals surface area contributed by atoms with Gasteiger partial charge in [0.15, 0.2) is 0 Å². The van der Waals surface area contributed by atoms with Crippen molar-refractivity contribution in [1.82, 2.24) is 4.57 Å². The van der Waals surface area contributed by atoms with Crippen molar-refractivity contribution in [3.05, 3.63) is 246 Å². The van der Waals surface area contributed by atoms with Crippen molar-refractivity contribution in [2.24, 2.45) is 0 Å². The topological polar surface area (TPSA) is 11.4 Å². The summed E-state index contributed by atoms with van der Waals surface area (Å²) in [5, 5.41) is 4.85. The fourth-order valence-corrected chi connectivity index (χ4v) is 12.6. The van der Waals surface area contributed by atoms with Gasteiger partial charge in [0, 0.05) is 61.4 Å². The number of para-hydroxylation sites is 1. The summed E-state index contributed by atoms with van der Waals surface area (Å²) in [6.07, 6.45) is 0. The Kier molecular flexibility index (Phi) is 10.4. The van der Waals surface area contributed by atoms with Crippen LogP contribution in [0.1, 0.15) is 103 Å². The van der Waals surface area contributed by atoms with E-state index in [-0.39, 0.29) is 21.7 Å². The average Bonchev–Trinajstić information content (AvgIpc) is 3.95. The van der Waals surface area contributed by atoms with E-state index < -0.39 is 0 Å². The number of aromatic nitrogens is 1. The van der Waals surface area contributed by atoms with Crippen molar-refractivity contribution in [2.75, 3.05) is 9.80 Å². The molecule has 1 heterocycles. The second-order valence-electron chi connectivity index (χ2n) is 24.3. The molecule has 2 aliphatic rings. The maximum Gasteiger partial charge on any atom is 0.0561 e. The summed E-state index contributed by atoms with van der Waals surface area (Å²) in [7, 11) is 0. The van der Waals surface area contributed by atoms with Gasteiger partial charge in [-0.3, -0.25) is 0 Å². The molecule has 0 saturated heterocycles. The molecule has 0 spiro atoms. The molecule has 1 aromatic heterocycles. The molecule has 10 aromatic carbocycles. The molecular formula is C72H65N3. The summed E-state index contributed by atoms with van der Waals surface area (Å²) in [4.78, 5) is 4.91. The number of nitrogens with zero attached hydrogens (tertiary/aromatic N) is 3. The number of anilines is 6. The van der Waals surface area contributed by atoms with Crippen LogP contribution in [0.15, 0.2) is 212 Å². The Morgan fingerprint density at radius 1 is 0.320 bits per heavy atom. The van der Waals surface area contributed by atoms with Crippen molar-refractivity contribution >= 4 is 66.7 Å². The maximum atomic E-state index is 2.48. The highest BCUT2D eigenvalue weighted by molar-refractivity contribution is 6.15. The van der Waals surface area contributed by atoms with Gasteiger partial charge in [-0.25, -0.2) is 0 Å². The largest absolute Gasteiger partial charge is 0.310 e. The molecule has 0 aliphatic heterocycles. The monoisotopic (exact) mass is 972 g/mol. The summed E-state index contributed by atoms with van der Waals surface area (Å²) in [6, 6.07) is 80.4. The SMILES string of the molecule is CC(C)(C)c1ccc(N(c2ccc3c(c2)C(C)(C)c2ccccc2-3)c2ccc3cc4c5ccc(N(c6ccc(C(C)(C)C)cc6)c6ccc7c(c6)C(C)(C)c6ccccc6-7)cc5n(-c5ccccc5)c4cc3c2)cc1. The van der Waals surface area contributed by atoms with Gasteiger partial charge in [0.1, 0.15) is 0 Å². The van der Waals surface area contributed by atoms with Gasteiger partial charge in [-0.05, 0) is 174 Å². The van der Waals surface area contributed by atoms with Crippen molar-refractivity contribution in [3.63, 3.8) is 0 Å². The Bertz CT molecular complexity index is 4060. The number of hydrogen-bond donors (Lipinski definition) is 0. The Labute approximate surface area is 443 Å². The van der Waals surface area contributed by atoms with Crippen molar-refractivity contribution < 1.29 is 0 Å².